The summed E-state index contributed by atoms with van der Waals surface area (Å²) in [6.45, 7) is 1.34. The van der Waals surface area contributed by atoms with Crippen LogP contribution in [0.3, 0.4) is 0 Å². The van der Waals surface area contributed by atoms with Gasteiger partial charge in [-0.2, -0.15) is 0 Å². The summed E-state index contributed by atoms with van der Waals surface area (Å²) in [5.41, 5.74) is 0.763. The Labute approximate surface area is 153 Å². The van der Waals surface area contributed by atoms with E-state index in [0.717, 1.165) is 24.7 Å². The zero-order valence-corrected chi connectivity index (χ0v) is 14.5. The summed E-state index contributed by atoms with van der Waals surface area (Å²) < 4.78 is 26.8. The predicted molar refractivity (Wildman–Crippen MR) is 91.6 cm³/mol. The number of carbonyl (C=O) groups is 2. The van der Waals surface area contributed by atoms with Crippen molar-refractivity contribution in [2.45, 2.75) is 31.3 Å². The minimum atomic E-state index is -0.838. The third-order valence-corrected chi connectivity index (χ3v) is 4.90. The Balaban J connectivity index is 1.49. The fourth-order valence-corrected chi connectivity index (χ4v) is 3.47. The fraction of sp³-hybridized carbons (Fsp3) is 0.333. The van der Waals surface area contributed by atoms with Crippen molar-refractivity contribution >= 4 is 17.6 Å². The summed E-state index contributed by atoms with van der Waals surface area (Å²) in [5.74, 6) is -2.09. The highest BCUT2D eigenvalue weighted by molar-refractivity contribution is 5.96. The van der Waals surface area contributed by atoms with Gasteiger partial charge >= 0.3 is 6.03 Å². The first kappa shape index (κ1) is 17.3. The summed E-state index contributed by atoms with van der Waals surface area (Å²) in [6, 6.07) is 3.09. The second-order valence-electron chi connectivity index (χ2n) is 6.76. The molecule has 27 heavy (non-hydrogen) atoms. The first-order valence-electron chi connectivity index (χ1n) is 8.55. The van der Waals surface area contributed by atoms with Crippen molar-refractivity contribution in [3.05, 3.63) is 53.6 Å². The van der Waals surface area contributed by atoms with Gasteiger partial charge in [-0.3, -0.25) is 14.8 Å². The molecule has 1 fully saturated rings. The Morgan fingerprint density at radius 3 is 2.89 bits per heavy atom. The maximum Gasteiger partial charge on any atom is 0.323 e. The third-order valence-electron chi connectivity index (χ3n) is 4.90. The van der Waals surface area contributed by atoms with E-state index in [1.54, 1.807) is 25.3 Å². The summed E-state index contributed by atoms with van der Waals surface area (Å²) in [7, 11) is 0. The van der Waals surface area contributed by atoms with E-state index in [4.69, 9.17) is 0 Å². The zero-order valence-electron chi connectivity index (χ0n) is 14.5. The highest BCUT2D eigenvalue weighted by Gasteiger charge is 2.56. The van der Waals surface area contributed by atoms with Crippen molar-refractivity contribution in [2.75, 3.05) is 11.9 Å². The van der Waals surface area contributed by atoms with Gasteiger partial charge in [-0.05, 0) is 31.9 Å². The average Bonchev–Trinajstić information content (AvgIpc) is 3.40. The van der Waals surface area contributed by atoms with Gasteiger partial charge in [0.2, 0.25) is 5.91 Å². The van der Waals surface area contributed by atoms with Crippen LogP contribution in [0.25, 0.3) is 0 Å². The second-order valence-corrected chi connectivity index (χ2v) is 6.76. The Morgan fingerprint density at radius 1 is 1.41 bits per heavy atom. The molecule has 2 aromatic rings. The van der Waals surface area contributed by atoms with Crippen LogP contribution in [0.5, 0.6) is 0 Å². The molecule has 2 N–H and O–H groups in total. The number of fused-ring (bicyclic) bond motifs is 2. The van der Waals surface area contributed by atoms with Crippen LogP contribution in [0.2, 0.25) is 0 Å². The predicted octanol–water partition coefficient (Wildman–Crippen LogP) is 2.47. The Morgan fingerprint density at radius 2 is 2.19 bits per heavy atom. The maximum absolute atomic E-state index is 13.8. The van der Waals surface area contributed by atoms with Gasteiger partial charge < -0.3 is 15.5 Å². The number of nitrogens with one attached hydrogen (secondary N) is 2. The molecule has 1 aliphatic carbocycles. The number of halogens is 2. The molecule has 3 amide bonds. The van der Waals surface area contributed by atoms with E-state index in [0.29, 0.717) is 11.8 Å². The minimum absolute atomic E-state index is 0.0685. The molecule has 7 nitrogen and oxygen atoms in total. The van der Waals surface area contributed by atoms with Crippen molar-refractivity contribution in [3.8, 4) is 0 Å². The number of hydrogen-bond donors (Lipinski definition) is 2. The van der Waals surface area contributed by atoms with Crippen molar-refractivity contribution in [3.63, 3.8) is 0 Å². The molecule has 1 atom stereocenters. The lowest BCUT2D eigenvalue weighted by Crippen LogP contribution is -2.52. The topological polar surface area (TPSA) is 87.2 Å². The van der Waals surface area contributed by atoms with E-state index in [1.807, 2.05) is 0 Å². The van der Waals surface area contributed by atoms with Crippen LogP contribution in [0, 0.1) is 11.6 Å². The van der Waals surface area contributed by atoms with Gasteiger partial charge in [0.1, 0.15) is 18.2 Å². The van der Waals surface area contributed by atoms with E-state index in [1.165, 1.54) is 4.90 Å². The second kappa shape index (κ2) is 6.26. The molecule has 1 aliphatic heterocycles. The van der Waals surface area contributed by atoms with Crippen molar-refractivity contribution in [1.82, 2.24) is 20.2 Å². The van der Waals surface area contributed by atoms with Crippen molar-refractivity contribution in [1.29, 1.82) is 0 Å². The number of urea groups is 1. The molecule has 140 valence electrons. The van der Waals surface area contributed by atoms with Crippen LogP contribution in [0.15, 0.2) is 30.6 Å². The molecule has 9 heteroatoms. The van der Waals surface area contributed by atoms with E-state index in [2.05, 4.69) is 20.6 Å². The number of hydrogen-bond acceptors (Lipinski definition) is 4. The Bertz CT molecular complexity index is 932. The summed E-state index contributed by atoms with van der Waals surface area (Å²) >= 11 is 0. The molecule has 0 bridgehead atoms. The lowest BCUT2D eigenvalue weighted by Gasteiger charge is -2.36. The Hall–Kier alpha value is -3.10. The standard InChI is InChI=1S/C18H17F2N5O2/c1-10(15-12(20)7-11(19)8-22-15)23-14(26)9-25-17(27)24-13-3-2-6-21-16(13)18(25)4-5-18/h2-3,6-8,10H,4-5,9H2,1H3,(H,23,26)(H,24,27)/t10-/m1/s1. The van der Waals surface area contributed by atoms with Gasteiger partial charge in [0.05, 0.1) is 34.9 Å². The number of rotatable bonds is 4. The first-order valence-corrected chi connectivity index (χ1v) is 8.55. The Kier molecular flexibility index (Phi) is 4.01. The monoisotopic (exact) mass is 373 g/mol. The molecular formula is C18H17F2N5O2. The van der Waals surface area contributed by atoms with E-state index < -0.39 is 29.1 Å². The van der Waals surface area contributed by atoms with E-state index >= 15 is 0 Å². The van der Waals surface area contributed by atoms with Gasteiger partial charge in [0.15, 0.2) is 0 Å². The SMILES string of the molecule is C[C@@H](NC(=O)CN1C(=O)Nc2cccnc2C12CC2)c1ncc(F)cc1F. The van der Waals surface area contributed by atoms with Crippen LogP contribution < -0.4 is 10.6 Å². The van der Waals surface area contributed by atoms with Crippen LogP contribution in [0.1, 0.15) is 37.2 Å². The molecule has 1 saturated carbocycles. The number of carbonyl (C=O) groups excluding carboxylic acids is 2. The molecule has 0 radical (unpaired) electrons. The average molecular weight is 373 g/mol. The van der Waals surface area contributed by atoms with Gasteiger partial charge in [0, 0.05) is 12.3 Å². The van der Waals surface area contributed by atoms with Crippen LogP contribution in [-0.4, -0.2) is 33.4 Å². The fourth-order valence-electron chi connectivity index (χ4n) is 3.47. The van der Waals surface area contributed by atoms with Crippen LogP contribution in [0.4, 0.5) is 19.3 Å². The molecule has 4 rings (SSSR count). The molecule has 0 unspecified atom stereocenters. The zero-order chi connectivity index (χ0) is 19.2. The van der Waals surface area contributed by atoms with E-state index in [-0.39, 0.29) is 18.3 Å². The van der Waals surface area contributed by atoms with Gasteiger partial charge in [-0.25, -0.2) is 13.6 Å². The minimum Gasteiger partial charge on any atom is -0.346 e. The van der Waals surface area contributed by atoms with E-state index in [9.17, 15) is 18.4 Å². The third kappa shape index (κ3) is 2.98. The summed E-state index contributed by atoms with van der Waals surface area (Å²) in [5, 5.41) is 5.35. The number of aromatic nitrogens is 2. The molecule has 1 spiro atoms. The van der Waals surface area contributed by atoms with Crippen LogP contribution >= 0.6 is 0 Å². The summed E-state index contributed by atoms with van der Waals surface area (Å²) in [6.07, 6.45) is 3.99. The lowest BCUT2D eigenvalue weighted by molar-refractivity contribution is -0.123. The quantitative estimate of drug-likeness (QED) is 0.862. The molecule has 3 heterocycles. The summed E-state index contributed by atoms with van der Waals surface area (Å²) in [4.78, 5) is 34.5. The molecular weight excluding hydrogens is 356 g/mol. The first-order chi connectivity index (χ1) is 12.9. The molecule has 2 aromatic heterocycles. The number of anilines is 1. The van der Waals surface area contributed by atoms with Gasteiger partial charge in [0.25, 0.3) is 0 Å². The highest BCUT2D eigenvalue weighted by atomic mass is 19.1. The normalized spacial score (nSPS) is 17.9. The smallest absolute Gasteiger partial charge is 0.323 e. The highest BCUT2D eigenvalue weighted by Crippen LogP contribution is 2.54. The van der Waals surface area contributed by atoms with Gasteiger partial charge in [-0.1, -0.05) is 0 Å². The van der Waals surface area contributed by atoms with Crippen molar-refractivity contribution in [2.24, 2.45) is 0 Å². The maximum atomic E-state index is 13.8. The molecule has 0 saturated heterocycles. The van der Waals surface area contributed by atoms with Crippen LogP contribution in [-0.2, 0) is 10.3 Å². The number of amides is 3. The van der Waals surface area contributed by atoms with Crippen molar-refractivity contribution < 1.29 is 18.4 Å². The molecule has 0 aromatic carbocycles. The largest absolute Gasteiger partial charge is 0.346 e. The van der Waals surface area contributed by atoms with Gasteiger partial charge in [-0.15, -0.1) is 0 Å². The lowest BCUT2D eigenvalue weighted by atomic mass is 10.0. The number of pyridine rings is 2. The number of nitrogens with zero attached hydrogens (tertiary/aromatic N) is 3. The molecule has 2 aliphatic rings.